The van der Waals surface area contributed by atoms with E-state index >= 15 is 0 Å². The number of sulfonamides is 1. The number of carboxylic acids is 1. The molecule has 1 heterocycles. The Hall–Kier alpha value is -1.41. The highest BCUT2D eigenvalue weighted by atomic mass is 32.2. The summed E-state index contributed by atoms with van der Waals surface area (Å²) >= 11 is 0. The number of nitrogens with one attached hydrogen (secondary N) is 1. The minimum Gasteiger partial charge on any atom is -0.480 e. The van der Waals surface area contributed by atoms with Crippen molar-refractivity contribution in [1.29, 1.82) is 0 Å². The van der Waals surface area contributed by atoms with Gasteiger partial charge in [0.25, 0.3) is 10.0 Å². The molecule has 0 aromatic carbocycles. The van der Waals surface area contributed by atoms with Crippen LogP contribution < -0.4 is 4.72 Å². The summed E-state index contributed by atoms with van der Waals surface area (Å²) in [6, 6.07) is -1.15. The zero-order valence-electron chi connectivity index (χ0n) is 13.0. The maximum Gasteiger partial charge on any atom is 0.321 e. The second-order valence-corrected chi connectivity index (χ2v) is 7.51. The van der Waals surface area contributed by atoms with Crippen molar-refractivity contribution in [2.24, 2.45) is 13.0 Å². The number of imidazole rings is 1. The van der Waals surface area contributed by atoms with Gasteiger partial charge in [0.15, 0.2) is 5.03 Å². The third-order valence-corrected chi connectivity index (χ3v) is 4.33. The molecule has 8 heteroatoms. The molecule has 0 fully saturated rings. The second-order valence-electron chi connectivity index (χ2n) is 5.84. The molecule has 0 saturated carbocycles. The van der Waals surface area contributed by atoms with E-state index in [1.807, 2.05) is 27.7 Å². The topological polar surface area (TPSA) is 101 Å². The van der Waals surface area contributed by atoms with Gasteiger partial charge in [-0.15, -0.1) is 0 Å². The lowest BCUT2D eigenvalue weighted by molar-refractivity contribution is -0.139. The Morgan fingerprint density at radius 3 is 2.33 bits per heavy atom. The van der Waals surface area contributed by atoms with Crippen LogP contribution in [0.4, 0.5) is 0 Å². The molecule has 0 bridgehead atoms. The average Bonchev–Trinajstić information content (AvgIpc) is 2.70. The normalized spacial score (nSPS) is 13.9. The van der Waals surface area contributed by atoms with Gasteiger partial charge in [-0.25, -0.2) is 13.4 Å². The van der Waals surface area contributed by atoms with E-state index in [1.165, 1.54) is 6.20 Å². The molecule has 1 aromatic heterocycles. The quantitative estimate of drug-likeness (QED) is 0.790. The summed E-state index contributed by atoms with van der Waals surface area (Å²) in [6.07, 6.45) is 1.62. The largest absolute Gasteiger partial charge is 0.480 e. The van der Waals surface area contributed by atoms with Crippen molar-refractivity contribution in [3.05, 3.63) is 12.0 Å². The highest BCUT2D eigenvalue weighted by molar-refractivity contribution is 7.89. The van der Waals surface area contributed by atoms with E-state index in [9.17, 15) is 13.2 Å². The SMILES string of the molecule is CC(C)CC(NS(=O)(=O)c1cn(C)c(C(C)C)n1)C(=O)O. The van der Waals surface area contributed by atoms with Gasteiger partial charge in [0.1, 0.15) is 11.9 Å². The van der Waals surface area contributed by atoms with Crippen molar-refractivity contribution in [3.63, 3.8) is 0 Å². The van der Waals surface area contributed by atoms with Crippen LogP contribution in [0, 0.1) is 5.92 Å². The molecule has 0 amide bonds. The zero-order valence-corrected chi connectivity index (χ0v) is 13.8. The molecule has 0 aliphatic rings. The maximum absolute atomic E-state index is 12.3. The number of aryl methyl sites for hydroxylation is 1. The van der Waals surface area contributed by atoms with Gasteiger partial charge in [-0.2, -0.15) is 4.72 Å². The van der Waals surface area contributed by atoms with Gasteiger partial charge in [0.2, 0.25) is 0 Å². The lowest BCUT2D eigenvalue weighted by Crippen LogP contribution is -2.41. The van der Waals surface area contributed by atoms with E-state index in [0.717, 1.165) is 0 Å². The molecule has 2 N–H and O–H groups in total. The summed E-state index contributed by atoms with van der Waals surface area (Å²) in [5.41, 5.74) is 0. The fourth-order valence-electron chi connectivity index (χ4n) is 2.04. The standard InChI is InChI=1S/C13H23N3O4S/c1-8(2)6-10(13(17)18)15-21(19,20)11-7-16(5)12(14-11)9(3)4/h7-10,15H,6H2,1-5H3,(H,17,18). The summed E-state index contributed by atoms with van der Waals surface area (Å²) in [6.45, 7) is 7.49. The molecular formula is C13H23N3O4S. The molecule has 1 atom stereocenters. The molecule has 120 valence electrons. The van der Waals surface area contributed by atoms with E-state index in [0.29, 0.717) is 5.82 Å². The number of hydrogen-bond donors (Lipinski definition) is 2. The van der Waals surface area contributed by atoms with Gasteiger partial charge in [-0.1, -0.05) is 27.7 Å². The predicted molar refractivity (Wildman–Crippen MR) is 78.5 cm³/mol. The number of hydrogen-bond acceptors (Lipinski definition) is 4. The molecule has 0 spiro atoms. The van der Waals surface area contributed by atoms with Crippen LogP contribution in [0.15, 0.2) is 11.2 Å². The van der Waals surface area contributed by atoms with Crippen LogP contribution in [-0.2, 0) is 21.9 Å². The fraction of sp³-hybridized carbons (Fsp3) is 0.692. The van der Waals surface area contributed by atoms with Crippen molar-refractivity contribution in [3.8, 4) is 0 Å². The van der Waals surface area contributed by atoms with Crippen molar-refractivity contribution < 1.29 is 18.3 Å². The number of nitrogens with zero attached hydrogens (tertiary/aromatic N) is 2. The molecular weight excluding hydrogens is 294 g/mol. The Morgan fingerprint density at radius 2 is 1.95 bits per heavy atom. The smallest absolute Gasteiger partial charge is 0.321 e. The van der Waals surface area contributed by atoms with E-state index in [1.54, 1.807) is 11.6 Å². The summed E-state index contributed by atoms with van der Waals surface area (Å²) in [7, 11) is -2.24. The third-order valence-electron chi connectivity index (χ3n) is 2.98. The molecule has 1 rings (SSSR count). The van der Waals surface area contributed by atoms with Crippen LogP contribution in [0.5, 0.6) is 0 Å². The first-order valence-corrected chi connectivity index (χ1v) is 8.31. The van der Waals surface area contributed by atoms with Gasteiger partial charge < -0.3 is 9.67 Å². The number of aromatic nitrogens is 2. The Morgan fingerprint density at radius 1 is 1.38 bits per heavy atom. The van der Waals surface area contributed by atoms with Gasteiger partial charge in [0, 0.05) is 19.2 Å². The first-order chi connectivity index (χ1) is 9.54. The minimum absolute atomic E-state index is 0.0590. The molecule has 7 nitrogen and oxygen atoms in total. The number of carboxylic acid groups (broad SMARTS) is 1. The van der Waals surface area contributed by atoms with Crippen LogP contribution in [-0.4, -0.2) is 35.1 Å². The Labute approximate surface area is 125 Å². The monoisotopic (exact) mass is 317 g/mol. The highest BCUT2D eigenvalue weighted by Crippen LogP contribution is 2.17. The first kappa shape index (κ1) is 17.6. The molecule has 0 saturated heterocycles. The zero-order chi connectivity index (χ0) is 16.4. The first-order valence-electron chi connectivity index (χ1n) is 6.83. The van der Waals surface area contributed by atoms with Crippen molar-refractivity contribution in [2.45, 2.75) is 51.1 Å². The summed E-state index contributed by atoms with van der Waals surface area (Å²) < 4.78 is 28.4. The molecule has 0 radical (unpaired) electrons. The van der Waals surface area contributed by atoms with Crippen molar-refractivity contribution >= 4 is 16.0 Å². The van der Waals surface area contributed by atoms with Crippen LogP contribution in [0.1, 0.15) is 45.9 Å². The third kappa shape index (κ3) is 4.53. The number of aliphatic carboxylic acids is 1. The van der Waals surface area contributed by atoms with E-state index in [4.69, 9.17) is 5.11 Å². The van der Waals surface area contributed by atoms with Crippen LogP contribution >= 0.6 is 0 Å². The second kappa shape index (κ2) is 6.57. The minimum atomic E-state index is -3.95. The number of rotatable bonds is 7. The van der Waals surface area contributed by atoms with Gasteiger partial charge in [-0.3, -0.25) is 4.79 Å². The van der Waals surface area contributed by atoms with Gasteiger partial charge in [0.05, 0.1) is 0 Å². The van der Waals surface area contributed by atoms with E-state index < -0.39 is 22.0 Å². The van der Waals surface area contributed by atoms with Gasteiger partial charge in [-0.05, 0) is 12.3 Å². The summed E-state index contributed by atoms with van der Waals surface area (Å²) in [5, 5.41) is 8.98. The van der Waals surface area contributed by atoms with Crippen LogP contribution in [0.3, 0.4) is 0 Å². The Kier molecular flexibility index (Phi) is 5.52. The lowest BCUT2D eigenvalue weighted by atomic mass is 10.1. The van der Waals surface area contributed by atoms with Crippen molar-refractivity contribution in [1.82, 2.24) is 14.3 Å². The molecule has 0 aliphatic carbocycles. The van der Waals surface area contributed by atoms with Gasteiger partial charge >= 0.3 is 5.97 Å². The fourth-order valence-corrected chi connectivity index (χ4v) is 3.24. The average molecular weight is 317 g/mol. The Balaban J connectivity index is 3.05. The Bertz CT molecular complexity index is 605. The van der Waals surface area contributed by atoms with Crippen LogP contribution in [0.2, 0.25) is 0 Å². The van der Waals surface area contributed by atoms with E-state index in [-0.39, 0.29) is 23.3 Å². The van der Waals surface area contributed by atoms with E-state index in [2.05, 4.69) is 9.71 Å². The molecule has 1 unspecified atom stereocenters. The lowest BCUT2D eigenvalue weighted by Gasteiger charge is -2.15. The molecule has 0 aliphatic heterocycles. The maximum atomic E-state index is 12.3. The van der Waals surface area contributed by atoms with Crippen molar-refractivity contribution in [2.75, 3.05) is 0 Å². The summed E-state index contributed by atoms with van der Waals surface area (Å²) in [4.78, 5) is 15.3. The van der Waals surface area contributed by atoms with Crippen LogP contribution in [0.25, 0.3) is 0 Å². The summed E-state index contributed by atoms with van der Waals surface area (Å²) in [5.74, 6) is -0.424. The number of carbonyl (C=O) groups is 1. The highest BCUT2D eigenvalue weighted by Gasteiger charge is 2.28. The molecule has 1 aromatic rings. The predicted octanol–water partition coefficient (Wildman–Crippen LogP) is 1.32. The molecule has 21 heavy (non-hydrogen) atoms.